The van der Waals surface area contributed by atoms with Crippen LogP contribution in [0.5, 0.6) is 0 Å². The van der Waals surface area contributed by atoms with E-state index in [2.05, 4.69) is 24.1 Å². The molecule has 20 heavy (non-hydrogen) atoms. The molecule has 1 aliphatic carbocycles. The zero-order chi connectivity index (χ0) is 14.4. The smallest absolute Gasteiger partial charge is 0.261 e. The molecule has 3 nitrogen and oxygen atoms in total. The molecule has 0 saturated heterocycles. The Kier molecular flexibility index (Phi) is 5.63. The SMILES string of the molecule is CCC1CCCCC1NC(=O)c1ccc(C#CCN)s1. The van der Waals surface area contributed by atoms with Crippen LogP contribution in [0.4, 0.5) is 0 Å². The van der Waals surface area contributed by atoms with Crippen molar-refractivity contribution in [2.75, 3.05) is 6.54 Å². The Bertz CT molecular complexity index is 512. The van der Waals surface area contributed by atoms with Gasteiger partial charge in [-0.1, -0.05) is 38.0 Å². The Balaban J connectivity index is 1.98. The number of nitrogens with one attached hydrogen (secondary N) is 1. The lowest BCUT2D eigenvalue weighted by molar-refractivity contribution is 0.0909. The number of rotatable bonds is 3. The van der Waals surface area contributed by atoms with E-state index in [9.17, 15) is 4.79 Å². The van der Waals surface area contributed by atoms with Gasteiger partial charge in [-0.25, -0.2) is 0 Å². The van der Waals surface area contributed by atoms with Crippen molar-refractivity contribution in [3.63, 3.8) is 0 Å². The molecular weight excluding hydrogens is 268 g/mol. The predicted octanol–water partition coefficient (Wildman–Crippen LogP) is 2.76. The first kappa shape index (κ1) is 15.1. The maximum absolute atomic E-state index is 12.3. The zero-order valence-corrected chi connectivity index (χ0v) is 12.8. The van der Waals surface area contributed by atoms with Gasteiger partial charge in [-0.15, -0.1) is 11.3 Å². The molecule has 1 heterocycles. The van der Waals surface area contributed by atoms with Gasteiger partial charge in [-0.05, 0) is 30.9 Å². The number of carbonyl (C=O) groups excluding carboxylic acids is 1. The molecule has 2 atom stereocenters. The van der Waals surface area contributed by atoms with E-state index in [4.69, 9.17) is 5.73 Å². The topological polar surface area (TPSA) is 55.1 Å². The Morgan fingerprint density at radius 2 is 2.25 bits per heavy atom. The molecule has 1 aromatic heterocycles. The maximum atomic E-state index is 12.3. The Morgan fingerprint density at radius 1 is 1.45 bits per heavy atom. The van der Waals surface area contributed by atoms with E-state index < -0.39 is 0 Å². The summed E-state index contributed by atoms with van der Waals surface area (Å²) in [7, 11) is 0. The van der Waals surface area contributed by atoms with Gasteiger partial charge in [0, 0.05) is 6.04 Å². The lowest BCUT2D eigenvalue weighted by atomic mass is 9.83. The van der Waals surface area contributed by atoms with E-state index in [0.717, 1.165) is 22.6 Å². The summed E-state index contributed by atoms with van der Waals surface area (Å²) >= 11 is 1.44. The average molecular weight is 290 g/mol. The summed E-state index contributed by atoms with van der Waals surface area (Å²) in [6.45, 7) is 2.56. The number of hydrogen-bond donors (Lipinski definition) is 2. The highest BCUT2D eigenvalue weighted by Crippen LogP contribution is 2.27. The number of amides is 1. The van der Waals surface area contributed by atoms with Gasteiger partial charge >= 0.3 is 0 Å². The fourth-order valence-electron chi connectivity index (χ4n) is 2.79. The van der Waals surface area contributed by atoms with E-state index in [1.807, 2.05) is 12.1 Å². The van der Waals surface area contributed by atoms with Gasteiger partial charge in [0.25, 0.3) is 5.91 Å². The van der Waals surface area contributed by atoms with Crippen molar-refractivity contribution in [1.82, 2.24) is 5.32 Å². The van der Waals surface area contributed by atoms with Crippen molar-refractivity contribution in [1.29, 1.82) is 0 Å². The third-order valence-electron chi connectivity index (χ3n) is 3.89. The zero-order valence-electron chi connectivity index (χ0n) is 11.9. The van der Waals surface area contributed by atoms with Crippen LogP contribution in [0.15, 0.2) is 12.1 Å². The van der Waals surface area contributed by atoms with Gasteiger partial charge in [-0.2, -0.15) is 0 Å². The molecule has 2 rings (SSSR count). The first-order chi connectivity index (χ1) is 9.74. The summed E-state index contributed by atoms with van der Waals surface area (Å²) in [5, 5.41) is 3.20. The third kappa shape index (κ3) is 3.84. The van der Waals surface area contributed by atoms with E-state index in [1.165, 1.54) is 30.6 Å². The van der Waals surface area contributed by atoms with Crippen LogP contribution < -0.4 is 11.1 Å². The highest BCUT2D eigenvalue weighted by atomic mass is 32.1. The van der Waals surface area contributed by atoms with Crippen LogP contribution in [-0.2, 0) is 0 Å². The molecular formula is C16H22N2OS. The van der Waals surface area contributed by atoms with Crippen LogP contribution in [0.1, 0.15) is 53.6 Å². The quantitative estimate of drug-likeness (QED) is 0.841. The molecule has 1 aromatic rings. The van der Waals surface area contributed by atoms with Crippen LogP contribution in [0.25, 0.3) is 0 Å². The molecule has 0 bridgehead atoms. The summed E-state index contributed by atoms with van der Waals surface area (Å²) in [5.41, 5.74) is 5.35. The summed E-state index contributed by atoms with van der Waals surface area (Å²) in [4.78, 5) is 13.9. The van der Waals surface area contributed by atoms with E-state index in [0.29, 0.717) is 18.5 Å². The highest BCUT2D eigenvalue weighted by molar-refractivity contribution is 7.14. The Labute approximate surface area is 124 Å². The van der Waals surface area contributed by atoms with Crippen molar-refractivity contribution >= 4 is 17.2 Å². The molecule has 3 N–H and O–H groups in total. The molecule has 0 aliphatic heterocycles. The second-order valence-corrected chi connectivity index (χ2v) is 6.29. The van der Waals surface area contributed by atoms with Crippen molar-refractivity contribution in [3.8, 4) is 11.8 Å². The molecule has 1 amide bonds. The van der Waals surface area contributed by atoms with Gasteiger partial charge in [0.15, 0.2) is 0 Å². The Hall–Kier alpha value is -1.31. The second kappa shape index (κ2) is 7.47. The van der Waals surface area contributed by atoms with Gasteiger partial charge in [-0.3, -0.25) is 4.79 Å². The molecule has 0 aromatic carbocycles. The summed E-state index contributed by atoms with van der Waals surface area (Å²) in [6.07, 6.45) is 6.00. The third-order valence-corrected chi connectivity index (χ3v) is 4.89. The number of thiophene rings is 1. The molecule has 1 saturated carbocycles. The minimum atomic E-state index is 0.0427. The first-order valence-electron chi connectivity index (χ1n) is 7.34. The van der Waals surface area contributed by atoms with Gasteiger partial charge in [0.2, 0.25) is 0 Å². The number of hydrogen-bond acceptors (Lipinski definition) is 3. The van der Waals surface area contributed by atoms with Gasteiger partial charge in [0.1, 0.15) is 0 Å². The number of carbonyl (C=O) groups is 1. The van der Waals surface area contributed by atoms with Crippen LogP contribution >= 0.6 is 11.3 Å². The predicted molar refractivity (Wildman–Crippen MR) is 83.8 cm³/mol. The maximum Gasteiger partial charge on any atom is 0.261 e. The standard InChI is InChI=1S/C16H22N2OS/c1-2-12-6-3-4-8-14(12)18-16(19)15-10-9-13(20-15)7-5-11-17/h9-10,12,14H,2-4,6,8,11,17H2,1H3,(H,18,19). The molecule has 0 spiro atoms. The molecule has 1 aliphatic rings. The van der Waals surface area contributed by atoms with E-state index in [1.54, 1.807) is 0 Å². The van der Waals surface area contributed by atoms with Crippen molar-refractivity contribution in [3.05, 3.63) is 21.9 Å². The first-order valence-corrected chi connectivity index (χ1v) is 8.16. The summed E-state index contributed by atoms with van der Waals surface area (Å²) in [5.74, 6) is 6.45. The lowest BCUT2D eigenvalue weighted by Crippen LogP contribution is -2.41. The normalized spacial score (nSPS) is 21.9. The van der Waals surface area contributed by atoms with Crippen LogP contribution in [0, 0.1) is 17.8 Å². The average Bonchev–Trinajstić information content (AvgIpc) is 2.94. The largest absolute Gasteiger partial charge is 0.348 e. The highest BCUT2D eigenvalue weighted by Gasteiger charge is 2.25. The van der Waals surface area contributed by atoms with Crippen molar-refractivity contribution < 1.29 is 4.79 Å². The number of nitrogens with two attached hydrogens (primary N) is 1. The van der Waals surface area contributed by atoms with Crippen LogP contribution in [0.2, 0.25) is 0 Å². The molecule has 2 unspecified atom stereocenters. The second-order valence-electron chi connectivity index (χ2n) is 5.20. The summed E-state index contributed by atoms with van der Waals surface area (Å²) < 4.78 is 0. The van der Waals surface area contributed by atoms with Crippen molar-refractivity contribution in [2.24, 2.45) is 11.7 Å². The van der Waals surface area contributed by atoms with Crippen LogP contribution in [0.3, 0.4) is 0 Å². The van der Waals surface area contributed by atoms with Gasteiger partial charge in [0.05, 0.1) is 16.3 Å². The molecule has 0 radical (unpaired) electrons. The fourth-order valence-corrected chi connectivity index (χ4v) is 3.57. The molecule has 108 valence electrons. The fraction of sp³-hybridized carbons (Fsp3) is 0.562. The summed E-state index contributed by atoms with van der Waals surface area (Å²) in [6, 6.07) is 4.08. The van der Waals surface area contributed by atoms with Crippen molar-refractivity contribution in [2.45, 2.75) is 45.1 Å². The van der Waals surface area contributed by atoms with E-state index in [-0.39, 0.29) is 5.91 Å². The minimum absolute atomic E-state index is 0.0427. The van der Waals surface area contributed by atoms with E-state index >= 15 is 0 Å². The Morgan fingerprint density at radius 3 is 3.00 bits per heavy atom. The molecule has 1 fully saturated rings. The van der Waals surface area contributed by atoms with Gasteiger partial charge < -0.3 is 11.1 Å². The monoisotopic (exact) mass is 290 g/mol. The minimum Gasteiger partial charge on any atom is -0.348 e. The lowest BCUT2D eigenvalue weighted by Gasteiger charge is -2.31. The molecule has 4 heteroatoms. The van der Waals surface area contributed by atoms with Crippen LogP contribution in [-0.4, -0.2) is 18.5 Å².